The Hall–Kier alpha value is -1.36. The van der Waals surface area contributed by atoms with Crippen molar-refractivity contribution in [2.45, 2.75) is 4.90 Å². The van der Waals surface area contributed by atoms with Crippen molar-refractivity contribution in [1.82, 2.24) is 0 Å². The van der Waals surface area contributed by atoms with Crippen molar-refractivity contribution in [3.8, 4) is 0 Å². The van der Waals surface area contributed by atoms with E-state index in [1.54, 1.807) is 6.07 Å². The zero-order chi connectivity index (χ0) is 15.9. The molecule has 6 heteroatoms. The van der Waals surface area contributed by atoms with Crippen LogP contribution in [0.5, 0.6) is 0 Å². The Morgan fingerprint density at radius 2 is 1.86 bits per heavy atom. The summed E-state index contributed by atoms with van der Waals surface area (Å²) in [6, 6.07) is 8.04. The number of fused-ring (bicyclic) bond motifs is 1. The first-order valence-corrected chi connectivity index (χ1v) is 8.02. The largest absolute Gasteiger partial charge is 0.289 e. The van der Waals surface area contributed by atoms with Crippen molar-refractivity contribution in [3.63, 3.8) is 0 Å². The van der Waals surface area contributed by atoms with E-state index in [4.69, 9.17) is 23.2 Å². The molecule has 1 heterocycles. The molecule has 112 valence electrons. The molecule has 0 saturated carbocycles. The molecule has 0 atom stereocenters. The molecule has 0 N–H and O–H groups in total. The van der Waals surface area contributed by atoms with Gasteiger partial charge in [0, 0.05) is 27.3 Å². The molecule has 1 aliphatic heterocycles. The third-order valence-corrected chi connectivity index (χ3v) is 5.09. The molecule has 0 spiro atoms. The van der Waals surface area contributed by atoms with E-state index in [-0.39, 0.29) is 21.4 Å². The maximum Gasteiger partial charge on any atom is 0.191 e. The van der Waals surface area contributed by atoms with Crippen molar-refractivity contribution in [3.05, 3.63) is 69.8 Å². The molecule has 0 radical (unpaired) electrons. The van der Waals surface area contributed by atoms with Crippen molar-refractivity contribution in [1.29, 1.82) is 0 Å². The Morgan fingerprint density at radius 1 is 1.09 bits per heavy atom. The van der Waals surface area contributed by atoms with Crippen LogP contribution < -0.4 is 0 Å². The maximum absolute atomic E-state index is 13.4. The molecule has 2 aromatic carbocycles. The second kappa shape index (κ2) is 6.03. The summed E-state index contributed by atoms with van der Waals surface area (Å²) in [5.74, 6) is -0.986. The smallest absolute Gasteiger partial charge is 0.191 e. The van der Waals surface area contributed by atoms with Crippen LogP contribution in [0.3, 0.4) is 0 Å². The number of carbonyl (C=O) groups is 1. The number of carbonyl (C=O) groups excluding carboxylic acids is 1. The number of Topliss-reactive ketones (excluding diaryl/α,β-unsaturated/α-hetero) is 1. The van der Waals surface area contributed by atoms with Gasteiger partial charge in [-0.3, -0.25) is 4.79 Å². The van der Waals surface area contributed by atoms with Crippen LogP contribution in [-0.4, -0.2) is 11.5 Å². The van der Waals surface area contributed by atoms with Gasteiger partial charge in [-0.1, -0.05) is 23.2 Å². The Kier molecular flexibility index (Phi) is 4.26. The fourth-order valence-electron chi connectivity index (χ4n) is 2.15. The van der Waals surface area contributed by atoms with Gasteiger partial charge in [0.05, 0.1) is 10.1 Å². The predicted molar refractivity (Wildman–Crippen MR) is 85.6 cm³/mol. The fraction of sp³-hybridized carbons (Fsp3) is 0.0625. The van der Waals surface area contributed by atoms with Crippen LogP contribution >= 0.6 is 35.0 Å². The number of rotatable bonds is 2. The lowest BCUT2D eigenvalue weighted by Gasteiger charge is -2.18. The van der Waals surface area contributed by atoms with Gasteiger partial charge in [0.15, 0.2) is 5.78 Å². The highest BCUT2D eigenvalue weighted by Gasteiger charge is 2.24. The lowest BCUT2D eigenvalue weighted by atomic mass is 10.0. The summed E-state index contributed by atoms with van der Waals surface area (Å²) in [7, 11) is 0. The van der Waals surface area contributed by atoms with Gasteiger partial charge in [0.2, 0.25) is 0 Å². The molecule has 0 aliphatic carbocycles. The van der Waals surface area contributed by atoms with E-state index < -0.39 is 11.6 Å². The predicted octanol–water partition coefficient (Wildman–Crippen LogP) is 5.56. The molecule has 22 heavy (non-hydrogen) atoms. The number of hydrogen-bond donors (Lipinski definition) is 0. The van der Waals surface area contributed by atoms with Crippen LogP contribution in [0.4, 0.5) is 8.78 Å². The van der Waals surface area contributed by atoms with Crippen LogP contribution in [0, 0.1) is 11.6 Å². The Morgan fingerprint density at radius 3 is 2.59 bits per heavy atom. The van der Waals surface area contributed by atoms with Gasteiger partial charge in [-0.05, 0) is 36.4 Å². The summed E-state index contributed by atoms with van der Waals surface area (Å²) in [6.45, 7) is 0. The molecule has 0 bridgehead atoms. The first kappa shape index (κ1) is 15.5. The first-order chi connectivity index (χ1) is 10.5. The van der Waals surface area contributed by atoms with Crippen molar-refractivity contribution in [2.24, 2.45) is 0 Å². The number of benzene rings is 2. The summed E-state index contributed by atoms with van der Waals surface area (Å²) >= 11 is 13.4. The highest BCUT2D eigenvalue weighted by molar-refractivity contribution is 7.99. The third kappa shape index (κ3) is 2.78. The highest BCUT2D eigenvalue weighted by atomic mass is 35.5. The highest BCUT2D eigenvalue weighted by Crippen LogP contribution is 2.40. The van der Waals surface area contributed by atoms with Crippen LogP contribution in [0.25, 0.3) is 5.03 Å². The van der Waals surface area contributed by atoms with Crippen molar-refractivity contribution < 1.29 is 13.6 Å². The lowest BCUT2D eigenvalue weighted by molar-refractivity contribution is 0.103. The van der Waals surface area contributed by atoms with E-state index in [0.717, 1.165) is 11.0 Å². The molecule has 3 rings (SSSR count). The number of ketones is 1. The molecule has 1 aliphatic rings. The minimum atomic E-state index is -0.594. The van der Waals surface area contributed by atoms with Crippen molar-refractivity contribution in [2.75, 3.05) is 5.75 Å². The van der Waals surface area contributed by atoms with Crippen LogP contribution in [0.1, 0.15) is 15.9 Å². The van der Waals surface area contributed by atoms with Gasteiger partial charge in [-0.15, -0.1) is 11.8 Å². The van der Waals surface area contributed by atoms with E-state index in [0.29, 0.717) is 16.9 Å². The van der Waals surface area contributed by atoms with Gasteiger partial charge in [0.25, 0.3) is 0 Å². The monoisotopic (exact) mass is 356 g/mol. The summed E-state index contributed by atoms with van der Waals surface area (Å²) < 4.78 is 26.6. The topological polar surface area (TPSA) is 17.1 Å². The zero-order valence-electron chi connectivity index (χ0n) is 11.0. The van der Waals surface area contributed by atoms with Crippen LogP contribution in [0.2, 0.25) is 5.02 Å². The molecule has 1 nitrogen and oxygen atoms in total. The van der Waals surface area contributed by atoms with Gasteiger partial charge in [-0.25, -0.2) is 8.78 Å². The third-order valence-electron chi connectivity index (χ3n) is 3.27. The molecular formula is C16H8Cl2F2OS. The van der Waals surface area contributed by atoms with Crippen LogP contribution in [-0.2, 0) is 0 Å². The minimum Gasteiger partial charge on any atom is -0.289 e. The van der Waals surface area contributed by atoms with Gasteiger partial charge in [-0.2, -0.15) is 0 Å². The Balaban J connectivity index is 2.05. The van der Waals surface area contributed by atoms with Crippen LogP contribution in [0.15, 0.2) is 46.9 Å². The Bertz CT molecular complexity index is 818. The van der Waals surface area contributed by atoms with Gasteiger partial charge < -0.3 is 0 Å². The maximum atomic E-state index is 13.4. The average Bonchev–Trinajstić information content (AvgIpc) is 2.50. The molecular weight excluding hydrogens is 349 g/mol. The molecule has 0 amide bonds. The molecule has 2 aromatic rings. The lowest BCUT2D eigenvalue weighted by Crippen LogP contribution is -2.11. The average molecular weight is 357 g/mol. The van der Waals surface area contributed by atoms with Gasteiger partial charge >= 0.3 is 0 Å². The number of halogens is 4. The second-order valence-corrected chi connectivity index (χ2v) is 6.48. The molecule has 0 saturated heterocycles. The summed E-state index contributed by atoms with van der Waals surface area (Å²) in [6.07, 6.45) is 0. The number of thioether (sulfide) groups is 1. The summed E-state index contributed by atoms with van der Waals surface area (Å²) in [4.78, 5) is 13.4. The van der Waals surface area contributed by atoms with E-state index in [1.165, 1.54) is 36.0 Å². The van der Waals surface area contributed by atoms with E-state index in [2.05, 4.69) is 0 Å². The van der Waals surface area contributed by atoms with E-state index in [1.807, 2.05) is 0 Å². The molecule has 0 fully saturated rings. The summed E-state index contributed by atoms with van der Waals surface area (Å²) in [5, 5.41) is 0.0937. The van der Waals surface area contributed by atoms with Crippen molar-refractivity contribution >= 4 is 45.8 Å². The summed E-state index contributed by atoms with van der Waals surface area (Å²) in [5.41, 5.74) is 1.10. The molecule has 0 aromatic heterocycles. The molecule has 0 unspecified atom stereocenters. The Labute approximate surface area is 139 Å². The second-order valence-electron chi connectivity index (χ2n) is 4.68. The van der Waals surface area contributed by atoms with E-state index >= 15 is 0 Å². The normalized spacial score (nSPS) is 14.0. The number of hydrogen-bond acceptors (Lipinski definition) is 2. The zero-order valence-corrected chi connectivity index (χ0v) is 13.3. The quantitative estimate of drug-likeness (QED) is 0.655. The standard InChI is InChI=1S/C16H8Cl2F2OS/c17-12-5-8(1-3-13(12)20)16(21)11-7-22-14-4-2-9(19)6-10(14)15(11)18/h1-6H,7H2. The fourth-order valence-corrected chi connectivity index (χ4v) is 3.83. The minimum absolute atomic E-state index is 0.127. The van der Waals surface area contributed by atoms with Gasteiger partial charge in [0.1, 0.15) is 11.6 Å². The SMILES string of the molecule is O=C(C1=C(Cl)c2cc(F)ccc2SC1)c1ccc(F)c(Cl)c1. The first-order valence-electron chi connectivity index (χ1n) is 6.28. The van der Waals surface area contributed by atoms with E-state index in [9.17, 15) is 13.6 Å².